The van der Waals surface area contributed by atoms with Crippen molar-refractivity contribution in [3.05, 3.63) is 47.8 Å². The third kappa shape index (κ3) is 8.32. The second-order valence-electron chi connectivity index (χ2n) is 10.1. The van der Waals surface area contributed by atoms with Gasteiger partial charge in [-0.1, -0.05) is 39.3 Å². The fraction of sp³-hybridized carbons (Fsp3) is 0.548. The monoisotopic (exact) mass is 507 g/mol. The Hall–Kier alpha value is -2.86. The predicted molar refractivity (Wildman–Crippen MR) is 152 cm³/mol. The Balaban J connectivity index is 0.00000121. The highest BCUT2D eigenvalue weighted by Gasteiger charge is 2.22. The van der Waals surface area contributed by atoms with Crippen LogP contribution in [0.2, 0.25) is 0 Å². The first-order chi connectivity index (χ1) is 18.0. The zero-order chi connectivity index (χ0) is 26.6. The number of amides is 1. The number of fused-ring (bicyclic) bond motifs is 1. The van der Waals surface area contributed by atoms with Crippen LogP contribution in [-0.4, -0.2) is 52.2 Å². The maximum absolute atomic E-state index is 12.6. The first-order valence-corrected chi connectivity index (χ1v) is 14.1. The number of likely N-dealkylation sites (tertiary alicyclic amines) is 1. The smallest absolute Gasteiger partial charge is 0.222 e. The number of aryl methyl sites for hydroxylation is 2. The largest absolute Gasteiger partial charge is 0.493 e. The lowest BCUT2D eigenvalue weighted by Gasteiger charge is -2.32. The zero-order valence-electron chi connectivity index (χ0n) is 23.2. The molecule has 0 atom stereocenters. The molecule has 0 saturated carbocycles. The fourth-order valence-corrected chi connectivity index (χ4v) is 4.91. The summed E-state index contributed by atoms with van der Waals surface area (Å²) >= 11 is 0. The summed E-state index contributed by atoms with van der Waals surface area (Å²) in [4.78, 5) is 22.4. The predicted octanol–water partition coefficient (Wildman–Crippen LogP) is 6.69. The van der Waals surface area contributed by atoms with Crippen LogP contribution >= 0.6 is 0 Å². The van der Waals surface area contributed by atoms with Crippen molar-refractivity contribution in [1.29, 1.82) is 0 Å². The molecule has 1 fully saturated rings. The molecule has 6 nitrogen and oxygen atoms in total. The minimum atomic E-state index is 0.236. The Kier molecular flexibility index (Phi) is 11.5. The molecule has 6 heteroatoms. The van der Waals surface area contributed by atoms with Crippen LogP contribution in [0.5, 0.6) is 5.75 Å². The topological polar surface area (TPSA) is 78.5 Å². The van der Waals surface area contributed by atoms with E-state index < -0.39 is 0 Å². The summed E-state index contributed by atoms with van der Waals surface area (Å²) in [7, 11) is 0. The van der Waals surface area contributed by atoms with Gasteiger partial charge in [0.25, 0.3) is 0 Å². The summed E-state index contributed by atoms with van der Waals surface area (Å²) in [6, 6.07) is 12.7. The second kappa shape index (κ2) is 14.8. The molecule has 0 radical (unpaired) electrons. The number of aliphatic hydroxyl groups excluding tert-OH is 1. The molecule has 0 unspecified atom stereocenters. The second-order valence-corrected chi connectivity index (χ2v) is 10.1. The standard InChI is InChI=1S/C28H37N3O3.C3H8/c1-3-22-18-23(24-8-10-25-26(19-24)30-20(2)29-25)9-11-27(22)34-17-5-7-28(33)31-14-12-21(13-15-31)6-4-16-32;1-3-2/h8-11,18-19,21,32H,3-7,12-17H2,1-2H3,(H,29,30);3H2,1-2H3. The lowest BCUT2D eigenvalue weighted by atomic mass is 9.92. The number of carbonyl (C=O) groups excluding carboxylic acids is 1. The molecule has 2 aromatic carbocycles. The Labute approximate surface area is 222 Å². The van der Waals surface area contributed by atoms with Crippen molar-refractivity contribution in [3.63, 3.8) is 0 Å². The van der Waals surface area contributed by atoms with Crippen molar-refractivity contribution >= 4 is 16.9 Å². The molecule has 37 heavy (non-hydrogen) atoms. The highest BCUT2D eigenvalue weighted by atomic mass is 16.5. The van der Waals surface area contributed by atoms with E-state index in [4.69, 9.17) is 9.84 Å². The summed E-state index contributed by atoms with van der Waals surface area (Å²) in [5.74, 6) is 2.72. The van der Waals surface area contributed by atoms with Gasteiger partial charge in [-0.2, -0.15) is 0 Å². The molecule has 1 saturated heterocycles. The molecule has 0 bridgehead atoms. The Morgan fingerprint density at radius 2 is 1.78 bits per heavy atom. The first kappa shape index (κ1) is 28.7. The van der Waals surface area contributed by atoms with Gasteiger partial charge in [0.1, 0.15) is 11.6 Å². The van der Waals surface area contributed by atoms with E-state index in [2.05, 4.69) is 67.1 Å². The number of rotatable bonds is 10. The van der Waals surface area contributed by atoms with Crippen LogP contribution in [0.4, 0.5) is 0 Å². The number of hydrogen-bond acceptors (Lipinski definition) is 4. The van der Waals surface area contributed by atoms with Gasteiger partial charge in [0.05, 0.1) is 17.6 Å². The van der Waals surface area contributed by atoms with Gasteiger partial charge in [0.15, 0.2) is 0 Å². The number of piperidine rings is 1. The average molecular weight is 508 g/mol. The lowest BCUT2D eigenvalue weighted by Crippen LogP contribution is -2.38. The van der Waals surface area contributed by atoms with Crippen LogP contribution in [0.15, 0.2) is 36.4 Å². The summed E-state index contributed by atoms with van der Waals surface area (Å²) in [5.41, 5.74) is 5.53. The van der Waals surface area contributed by atoms with Crippen LogP contribution in [0.3, 0.4) is 0 Å². The van der Waals surface area contributed by atoms with E-state index in [9.17, 15) is 4.79 Å². The molecule has 2 heterocycles. The van der Waals surface area contributed by atoms with Gasteiger partial charge in [0, 0.05) is 26.1 Å². The van der Waals surface area contributed by atoms with Crippen molar-refractivity contribution in [2.75, 3.05) is 26.3 Å². The maximum Gasteiger partial charge on any atom is 0.222 e. The molecule has 0 spiro atoms. The van der Waals surface area contributed by atoms with E-state index >= 15 is 0 Å². The SMILES string of the molecule is CCC.CCc1cc(-c2ccc3nc(C)[nH]c3c2)ccc1OCCCC(=O)N1CCC(CCCO)CC1. The van der Waals surface area contributed by atoms with Gasteiger partial charge < -0.3 is 19.7 Å². The van der Waals surface area contributed by atoms with Gasteiger partial charge in [-0.3, -0.25) is 4.79 Å². The van der Waals surface area contributed by atoms with Crippen molar-refractivity contribution in [2.24, 2.45) is 5.92 Å². The van der Waals surface area contributed by atoms with Gasteiger partial charge in [-0.15, -0.1) is 0 Å². The number of carbonyl (C=O) groups is 1. The molecular formula is C31H45N3O3. The van der Waals surface area contributed by atoms with Crippen LogP contribution in [0.1, 0.15) is 77.1 Å². The minimum Gasteiger partial charge on any atom is -0.493 e. The van der Waals surface area contributed by atoms with E-state index in [1.54, 1.807) is 0 Å². The molecule has 1 aliphatic heterocycles. The average Bonchev–Trinajstić information content (AvgIpc) is 3.29. The van der Waals surface area contributed by atoms with E-state index in [0.717, 1.165) is 85.3 Å². The van der Waals surface area contributed by atoms with E-state index in [1.165, 1.54) is 12.0 Å². The molecule has 1 aliphatic rings. The summed E-state index contributed by atoms with van der Waals surface area (Å²) in [5, 5.41) is 8.99. The molecule has 2 N–H and O–H groups in total. The number of aliphatic hydroxyl groups is 1. The molecule has 4 rings (SSSR count). The number of nitrogens with zero attached hydrogens (tertiary/aromatic N) is 2. The summed E-state index contributed by atoms with van der Waals surface area (Å²) in [6.45, 7) is 10.9. The normalized spacial score (nSPS) is 13.9. The van der Waals surface area contributed by atoms with Crippen molar-refractivity contribution < 1.29 is 14.6 Å². The van der Waals surface area contributed by atoms with Crippen LogP contribution in [-0.2, 0) is 11.2 Å². The molecule has 1 amide bonds. The van der Waals surface area contributed by atoms with E-state index in [0.29, 0.717) is 18.9 Å². The van der Waals surface area contributed by atoms with Crippen molar-refractivity contribution in [2.45, 2.75) is 79.1 Å². The highest BCUT2D eigenvalue weighted by Crippen LogP contribution is 2.29. The van der Waals surface area contributed by atoms with Gasteiger partial charge in [-0.25, -0.2) is 4.98 Å². The van der Waals surface area contributed by atoms with Crippen LogP contribution in [0, 0.1) is 12.8 Å². The van der Waals surface area contributed by atoms with Crippen molar-refractivity contribution in [1.82, 2.24) is 14.9 Å². The number of H-pyrrole nitrogens is 1. The number of nitrogens with one attached hydrogen (secondary N) is 1. The Morgan fingerprint density at radius 3 is 2.49 bits per heavy atom. The van der Waals surface area contributed by atoms with Crippen LogP contribution < -0.4 is 4.74 Å². The lowest BCUT2D eigenvalue weighted by molar-refractivity contribution is -0.132. The number of imidazole rings is 1. The third-order valence-electron chi connectivity index (χ3n) is 6.91. The van der Waals surface area contributed by atoms with Gasteiger partial charge in [0.2, 0.25) is 5.91 Å². The van der Waals surface area contributed by atoms with E-state index in [1.807, 2.05) is 11.8 Å². The highest BCUT2D eigenvalue weighted by molar-refractivity contribution is 5.82. The van der Waals surface area contributed by atoms with E-state index in [-0.39, 0.29) is 12.5 Å². The number of benzene rings is 2. The fourth-order valence-electron chi connectivity index (χ4n) is 4.91. The number of aromatic amines is 1. The van der Waals surface area contributed by atoms with Gasteiger partial charge in [-0.05, 0) is 92.3 Å². The Bertz CT molecular complexity index is 1120. The molecular weight excluding hydrogens is 462 g/mol. The molecule has 0 aliphatic carbocycles. The maximum atomic E-state index is 12.6. The summed E-state index contributed by atoms with van der Waals surface area (Å²) in [6.07, 6.45) is 7.45. The molecule has 202 valence electrons. The quantitative estimate of drug-likeness (QED) is 0.300. The third-order valence-corrected chi connectivity index (χ3v) is 6.91. The number of hydrogen-bond donors (Lipinski definition) is 2. The van der Waals surface area contributed by atoms with Crippen LogP contribution in [0.25, 0.3) is 22.2 Å². The molecule has 3 aromatic rings. The number of ether oxygens (including phenoxy) is 1. The Morgan fingerprint density at radius 1 is 1.08 bits per heavy atom. The minimum absolute atomic E-state index is 0.236. The number of aromatic nitrogens is 2. The zero-order valence-corrected chi connectivity index (χ0v) is 23.2. The van der Waals surface area contributed by atoms with Gasteiger partial charge >= 0.3 is 0 Å². The van der Waals surface area contributed by atoms with Crippen molar-refractivity contribution in [3.8, 4) is 16.9 Å². The molecule has 1 aromatic heterocycles. The first-order valence-electron chi connectivity index (χ1n) is 14.1. The summed E-state index contributed by atoms with van der Waals surface area (Å²) < 4.78 is 6.08.